The Morgan fingerprint density at radius 1 is 0.235 bits per heavy atom. The first-order chi connectivity index (χ1) is 45.3. The minimum Gasteiger partial charge on any atom is -0.545 e. The summed E-state index contributed by atoms with van der Waals surface area (Å²) in [5.41, 5.74) is 7.07. The van der Waals surface area contributed by atoms with Crippen molar-refractivity contribution < 1.29 is 153 Å². The summed E-state index contributed by atoms with van der Waals surface area (Å²) in [6.07, 6.45) is 7.21. The van der Waals surface area contributed by atoms with E-state index in [-0.39, 0.29) is 127 Å². The van der Waals surface area contributed by atoms with Crippen LogP contribution in [0.1, 0.15) is 95.5 Å². The average molecular weight is 1560 g/mol. The number of carbonyl (C=O) groups is 6. The van der Waals surface area contributed by atoms with Crippen molar-refractivity contribution in [3.05, 3.63) is 310 Å². The van der Waals surface area contributed by atoms with Crippen LogP contribution in [0.2, 0.25) is 0 Å². The topological polar surface area (TPSA) is 501 Å². The first-order valence-corrected chi connectivity index (χ1v) is 26.8. The van der Waals surface area contributed by atoms with Gasteiger partial charge in [-0.1, -0.05) is 121 Å². The number of rotatable bonds is 6. The molecule has 98 heavy (non-hydrogen) atoms. The zero-order chi connectivity index (χ0) is 68.4. The van der Waals surface area contributed by atoms with Gasteiger partial charge in [-0.25, -0.2) is 0 Å². The molecule has 0 aliphatic rings. The Hall–Kier alpha value is -12.2. The molecule has 0 bridgehead atoms. The second-order valence-electron chi connectivity index (χ2n) is 18.3. The van der Waals surface area contributed by atoms with Gasteiger partial charge in [-0.15, -0.1) is 0 Å². The van der Waals surface area contributed by atoms with Gasteiger partial charge in [0.05, 0.1) is 128 Å². The number of hydrogen-bond donors (Lipinski definition) is 0. The van der Waals surface area contributed by atoms with E-state index < -0.39 is 35.8 Å². The van der Waals surface area contributed by atoms with Crippen LogP contribution in [0.4, 0.5) is 0 Å². The van der Waals surface area contributed by atoms with E-state index in [2.05, 4.69) is 68.5 Å². The zero-order valence-corrected chi connectivity index (χ0v) is 58.2. The number of pyridine rings is 4. The maximum atomic E-state index is 10.2. The number of nitriles is 6. The van der Waals surface area contributed by atoms with Gasteiger partial charge in [0.15, 0.2) is 0 Å². The fourth-order valence-electron chi connectivity index (χ4n) is 7.44. The van der Waals surface area contributed by atoms with Crippen LogP contribution in [0.15, 0.2) is 243 Å². The Morgan fingerprint density at radius 3 is 0.480 bits per heavy atom. The number of aromatic nitrogens is 4. The van der Waals surface area contributed by atoms with Gasteiger partial charge in [0.25, 0.3) is 0 Å². The summed E-state index contributed by atoms with van der Waals surface area (Å²) in [7, 11) is 0. The number of aromatic carboxylic acids is 6. The van der Waals surface area contributed by atoms with Crippen LogP contribution in [-0.2, 0) is 11.0 Å². The van der Waals surface area contributed by atoms with E-state index in [0.29, 0.717) is 33.4 Å². The Labute approximate surface area is 624 Å². The van der Waals surface area contributed by atoms with Crippen molar-refractivity contribution in [2.45, 2.75) is 0 Å². The van der Waals surface area contributed by atoms with Crippen molar-refractivity contribution >= 4 is 79.4 Å². The molecule has 8 aromatic carbocycles. The van der Waals surface area contributed by atoms with Gasteiger partial charge in [-0.3, -0.25) is 19.9 Å². The van der Waals surface area contributed by atoms with Crippen LogP contribution in [0.25, 0.3) is 43.6 Å². The van der Waals surface area contributed by atoms with Crippen LogP contribution in [0, 0.1) is 151 Å². The maximum Gasteiger partial charge on any atom is 3.00 e. The number of hydrogen-bond acceptors (Lipinski definition) is 22. The predicted molar refractivity (Wildman–Crippen MR) is 337 cm³/mol. The third kappa shape index (κ3) is 27.0. The molecule has 0 spiro atoms. The summed E-state index contributed by atoms with van der Waals surface area (Å²) in [5.74, 6) is -7.36. The largest absolute Gasteiger partial charge is 3.00 e. The molecule has 0 fully saturated rings. The van der Waals surface area contributed by atoms with Crippen molar-refractivity contribution in [1.29, 1.82) is 31.6 Å². The molecular formula is C72H46N10O14Pr2+2. The zero-order valence-electron chi connectivity index (χ0n) is 50.8. The molecule has 6 N–H and O–H groups in total. The third-order valence-electron chi connectivity index (χ3n) is 12.2. The fraction of sp³-hybridized carbons (Fsp3) is 0. The summed E-state index contributed by atoms with van der Waals surface area (Å²) in [4.78, 5) is 78.6. The Kier molecular flexibility index (Phi) is 38.0. The number of benzene rings is 8. The van der Waals surface area contributed by atoms with Crippen molar-refractivity contribution in [2.24, 2.45) is 0 Å². The molecular weight excluding hydrogens is 1510 g/mol. The summed E-state index contributed by atoms with van der Waals surface area (Å²) in [6, 6.07) is 68.9. The van der Waals surface area contributed by atoms with Crippen LogP contribution < -0.4 is 30.6 Å². The van der Waals surface area contributed by atoms with Gasteiger partial charge < -0.3 is 70.4 Å². The monoisotopic (exact) mass is 1560 g/mol. The molecule has 4 heterocycles. The smallest absolute Gasteiger partial charge is 0.545 e. The van der Waals surface area contributed by atoms with Crippen molar-refractivity contribution in [2.75, 3.05) is 0 Å². The van der Waals surface area contributed by atoms with Crippen molar-refractivity contribution in [1.82, 2.24) is 19.9 Å². The summed E-state index contributed by atoms with van der Waals surface area (Å²) < 4.78 is 0. The Bertz CT molecular complexity index is 4190. The molecule has 26 heteroatoms. The molecule has 472 valence electrons. The van der Waals surface area contributed by atoms with Gasteiger partial charge in [-0.05, 0) is 130 Å². The molecule has 0 amide bonds. The molecule has 0 aliphatic heterocycles. The van der Waals surface area contributed by atoms with Crippen LogP contribution in [-0.4, -0.2) is 55.8 Å². The van der Waals surface area contributed by atoms with E-state index in [1.807, 2.05) is 60.7 Å². The quantitative estimate of drug-likeness (QED) is 0.170. The molecule has 0 saturated carbocycles. The summed E-state index contributed by atoms with van der Waals surface area (Å²) >= 11 is 0. The van der Waals surface area contributed by atoms with Gasteiger partial charge in [0.1, 0.15) is 0 Å². The normalized spacial score (nSPS) is 8.92. The van der Waals surface area contributed by atoms with E-state index in [0.717, 1.165) is 43.6 Å². The molecule has 24 nitrogen and oxygen atoms in total. The van der Waals surface area contributed by atoms with E-state index in [4.69, 9.17) is 31.6 Å². The molecule has 12 aromatic rings. The van der Waals surface area contributed by atoms with Gasteiger partial charge in [0, 0.05) is 46.3 Å². The SMILES string of the molecule is N#Cc1ccc(C(=O)[O-])cc1.N#Cc1ccc(C(=O)[O-])cc1.N#Cc1ccc(C(=O)[O-])cc1.N#Cc1ccc(C(=O)[O-])cc1.N#Cc1ccc(C(=O)[O-])cc1.N#Cc1ccc(C(=O)[O-])cc1.[OH3+].[OH3+].[Pr+3].[Pr+3].c1cnc2c(c1)ccc1cccnc12.c1cnc2c(c1)ccc1cccnc12. The minimum atomic E-state index is -1.23. The molecule has 0 aliphatic carbocycles. The fourth-order valence-corrected chi connectivity index (χ4v) is 7.44. The molecule has 12 rings (SSSR count). The summed E-state index contributed by atoms with van der Waals surface area (Å²) in [6.45, 7) is 0. The number of carbonyl (C=O) groups excluding carboxylic acids is 6. The van der Waals surface area contributed by atoms with Crippen LogP contribution >= 0.6 is 0 Å². The van der Waals surface area contributed by atoms with Gasteiger partial charge >= 0.3 is 82.6 Å². The third-order valence-corrected chi connectivity index (χ3v) is 12.2. The molecule has 0 saturated heterocycles. The van der Waals surface area contributed by atoms with E-state index >= 15 is 0 Å². The second kappa shape index (κ2) is 44.4. The number of nitrogens with zero attached hydrogens (tertiary/aromatic N) is 10. The average Bonchev–Trinajstić information content (AvgIpc) is 0.807. The van der Waals surface area contributed by atoms with E-state index in [1.54, 1.807) is 24.8 Å². The van der Waals surface area contributed by atoms with Crippen molar-refractivity contribution in [3.8, 4) is 36.4 Å². The number of carboxylic acids is 6. The first kappa shape index (κ1) is 83.8. The Balaban J connectivity index is 0.000000558. The second-order valence-corrected chi connectivity index (χ2v) is 18.3. The number of fused-ring (bicyclic) bond motifs is 6. The van der Waals surface area contributed by atoms with Crippen molar-refractivity contribution in [3.63, 3.8) is 0 Å². The van der Waals surface area contributed by atoms with Crippen LogP contribution in [0.3, 0.4) is 0 Å². The molecule has 0 atom stereocenters. The Morgan fingerprint density at radius 2 is 0.367 bits per heavy atom. The molecule has 0 radical (unpaired) electrons. The maximum absolute atomic E-state index is 10.2. The predicted octanol–water partition coefficient (Wildman–Crippen LogP) is 3.25. The standard InChI is InChI=1S/2C12H8N2.6C8H5NO2.2H2O.2Pr/c2*1-3-9-5-6-10-4-2-8-14-12(10)11(9)13-7-1;6*9-5-6-1-3-7(4-2-6)8(10)11;;;;/h2*1-8H;6*1-4H,(H,10,11);2*1H2;;/q;;;;;;;;;;2*+3/p-4. The van der Waals surface area contributed by atoms with Crippen LogP contribution in [0.5, 0.6) is 0 Å². The minimum absolute atomic E-state index is 0. The molecule has 4 aromatic heterocycles. The molecule has 0 unspecified atom stereocenters. The summed E-state index contributed by atoms with van der Waals surface area (Å²) in [5, 5.41) is 116. The van der Waals surface area contributed by atoms with E-state index in [9.17, 15) is 59.4 Å². The van der Waals surface area contributed by atoms with Gasteiger partial charge in [-0.2, -0.15) is 31.6 Å². The van der Waals surface area contributed by atoms with E-state index in [1.165, 1.54) is 146 Å². The number of carboxylic acid groups (broad SMARTS) is 6. The first-order valence-electron chi connectivity index (χ1n) is 26.8. The van der Waals surface area contributed by atoms with Gasteiger partial charge in [0.2, 0.25) is 0 Å².